The highest BCUT2D eigenvalue weighted by atomic mass is 35.5. The number of hydrogen-bond donors (Lipinski definition) is 1. The number of carbonyl (C=O) groups is 1. The molecule has 1 N–H and O–H groups in total. The van der Waals surface area contributed by atoms with E-state index in [0.29, 0.717) is 28.2 Å². The lowest BCUT2D eigenvalue weighted by molar-refractivity contribution is -0.115. The fourth-order valence-electron chi connectivity index (χ4n) is 2.74. The minimum absolute atomic E-state index is 0.0546. The normalized spacial score (nSPS) is 12.8. The van der Waals surface area contributed by atoms with E-state index in [1.165, 1.54) is 30.0 Å². The van der Waals surface area contributed by atoms with Crippen molar-refractivity contribution in [3.8, 4) is 11.5 Å². The molecule has 0 spiro atoms. The van der Waals surface area contributed by atoms with Crippen molar-refractivity contribution < 1.29 is 18.7 Å². The predicted molar refractivity (Wildman–Crippen MR) is 118 cm³/mol. The zero-order valence-electron chi connectivity index (χ0n) is 17.4. The molecule has 2 aromatic carbocycles. The molecule has 0 radical (unpaired) electrons. The monoisotopic (exact) mass is 464 g/mol. The number of benzene rings is 2. The van der Waals surface area contributed by atoms with Gasteiger partial charge in [0.2, 0.25) is 5.91 Å². The SMILES string of the molecule is COc1cccc(OC(C)c2nnc(SC(C)C(=O)Nc3ccc(F)c(Cl)c3)n2C)c1. The smallest absolute Gasteiger partial charge is 0.237 e. The van der Waals surface area contributed by atoms with Crippen LogP contribution in [-0.4, -0.2) is 33.0 Å². The molecular weight excluding hydrogens is 443 g/mol. The molecule has 0 aliphatic carbocycles. The summed E-state index contributed by atoms with van der Waals surface area (Å²) in [6.07, 6.45) is -0.371. The van der Waals surface area contributed by atoms with Crippen LogP contribution in [0.15, 0.2) is 47.6 Å². The van der Waals surface area contributed by atoms with Crippen LogP contribution in [0.2, 0.25) is 5.02 Å². The third-order valence-corrected chi connectivity index (χ3v) is 5.85. The number of aromatic nitrogens is 3. The molecule has 1 heterocycles. The molecule has 10 heteroatoms. The highest BCUT2D eigenvalue weighted by molar-refractivity contribution is 8.00. The zero-order valence-corrected chi connectivity index (χ0v) is 19.0. The second kappa shape index (κ2) is 10.0. The highest BCUT2D eigenvalue weighted by Gasteiger charge is 2.22. The molecule has 0 saturated heterocycles. The van der Waals surface area contributed by atoms with Gasteiger partial charge in [0.1, 0.15) is 17.3 Å². The summed E-state index contributed by atoms with van der Waals surface area (Å²) in [5, 5.41) is 11.2. The van der Waals surface area contributed by atoms with Crippen LogP contribution in [0.25, 0.3) is 0 Å². The number of nitrogens with one attached hydrogen (secondary N) is 1. The molecule has 0 aliphatic rings. The summed E-state index contributed by atoms with van der Waals surface area (Å²) >= 11 is 7.01. The fourth-order valence-corrected chi connectivity index (χ4v) is 3.75. The van der Waals surface area contributed by atoms with Gasteiger partial charge in [0.05, 0.1) is 17.4 Å². The van der Waals surface area contributed by atoms with Crippen molar-refractivity contribution in [2.24, 2.45) is 7.05 Å². The highest BCUT2D eigenvalue weighted by Crippen LogP contribution is 2.28. The maximum atomic E-state index is 13.3. The maximum Gasteiger partial charge on any atom is 0.237 e. The van der Waals surface area contributed by atoms with Crippen LogP contribution in [0, 0.1) is 5.82 Å². The quantitative estimate of drug-likeness (QED) is 0.479. The first-order valence-corrected chi connectivity index (χ1v) is 10.7. The lowest BCUT2D eigenvalue weighted by Gasteiger charge is -2.15. The van der Waals surface area contributed by atoms with Crippen molar-refractivity contribution in [2.45, 2.75) is 30.4 Å². The lowest BCUT2D eigenvalue weighted by Crippen LogP contribution is -2.23. The average molecular weight is 465 g/mol. The molecule has 1 aromatic heterocycles. The Morgan fingerprint density at radius 3 is 2.65 bits per heavy atom. The molecule has 164 valence electrons. The van der Waals surface area contributed by atoms with Gasteiger partial charge in [-0.05, 0) is 44.2 Å². The van der Waals surface area contributed by atoms with Crippen molar-refractivity contribution >= 4 is 35.0 Å². The number of amides is 1. The Balaban J connectivity index is 1.64. The number of carbonyl (C=O) groups excluding carboxylic acids is 1. The molecule has 0 saturated carbocycles. The largest absolute Gasteiger partial charge is 0.497 e. The molecule has 31 heavy (non-hydrogen) atoms. The standard InChI is InChI=1S/C21H22ClFN4O3S/c1-12(30-16-7-5-6-15(11-16)29-4)19-25-26-21(27(19)3)31-13(2)20(28)24-14-8-9-18(23)17(22)10-14/h5-13H,1-4H3,(H,24,28). The number of nitrogens with zero attached hydrogens (tertiary/aromatic N) is 3. The molecule has 7 nitrogen and oxygen atoms in total. The molecule has 1 amide bonds. The van der Waals surface area contributed by atoms with Gasteiger partial charge in [0.15, 0.2) is 17.1 Å². The van der Waals surface area contributed by atoms with Gasteiger partial charge in [0, 0.05) is 18.8 Å². The predicted octanol–water partition coefficient (Wildman–Crippen LogP) is 4.88. The molecular formula is C21H22ClFN4O3S. The van der Waals surface area contributed by atoms with Crippen LogP contribution in [0.1, 0.15) is 25.8 Å². The Bertz CT molecular complexity index is 1080. The van der Waals surface area contributed by atoms with Crippen molar-refractivity contribution in [3.05, 3.63) is 59.1 Å². The van der Waals surface area contributed by atoms with E-state index in [1.807, 2.05) is 32.2 Å². The Morgan fingerprint density at radius 2 is 1.94 bits per heavy atom. The third kappa shape index (κ3) is 5.68. The summed E-state index contributed by atoms with van der Waals surface area (Å²) in [5.74, 6) is 1.15. The van der Waals surface area contributed by atoms with Gasteiger partial charge in [-0.1, -0.05) is 29.4 Å². The Labute approximate surface area is 188 Å². The first-order chi connectivity index (χ1) is 14.8. The van der Waals surface area contributed by atoms with Crippen molar-refractivity contribution in [3.63, 3.8) is 0 Å². The van der Waals surface area contributed by atoms with Gasteiger partial charge < -0.3 is 19.4 Å². The Kier molecular flexibility index (Phi) is 7.40. The minimum atomic E-state index is -0.543. The second-order valence-corrected chi connectivity index (χ2v) is 8.43. The summed E-state index contributed by atoms with van der Waals surface area (Å²) in [6, 6.07) is 11.3. The van der Waals surface area contributed by atoms with Crippen molar-refractivity contribution in [1.82, 2.24) is 14.8 Å². The first-order valence-electron chi connectivity index (χ1n) is 9.41. The number of halogens is 2. The number of methoxy groups -OCH3 is 1. The maximum absolute atomic E-state index is 13.3. The summed E-state index contributed by atoms with van der Waals surface area (Å²) in [5.41, 5.74) is 0.419. The van der Waals surface area contributed by atoms with Gasteiger partial charge in [-0.2, -0.15) is 0 Å². The number of thioether (sulfide) groups is 1. The van der Waals surface area contributed by atoms with E-state index < -0.39 is 11.1 Å². The van der Waals surface area contributed by atoms with Gasteiger partial charge in [0.25, 0.3) is 0 Å². The first kappa shape index (κ1) is 22.9. The van der Waals surface area contributed by atoms with E-state index in [-0.39, 0.29) is 17.0 Å². The van der Waals surface area contributed by atoms with E-state index >= 15 is 0 Å². The Hall–Kier alpha value is -2.78. The van der Waals surface area contributed by atoms with E-state index in [9.17, 15) is 9.18 Å². The van der Waals surface area contributed by atoms with Gasteiger partial charge in [-0.3, -0.25) is 4.79 Å². The number of anilines is 1. The van der Waals surface area contributed by atoms with Crippen LogP contribution in [0.5, 0.6) is 11.5 Å². The van der Waals surface area contributed by atoms with E-state index in [0.717, 1.165) is 0 Å². The number of ether oxygens (including phenoxy) is 2. The van der Waals surface area contributed by atoms with Crippen LogP contribution in [0.3, 0.4) is 0 Å². The lowest BCUT2D eigenvalue weighted by atomic mass is 10.3. The van der Waals surface area contributed by atoms with E-state index in [1.54, 1.807) is 24.7 Å². The topological polar surface area (TPSA) is 78.3 Å². The van der Waals surface area contributed by atoms with Crippen LogP contribution >= 0.6 is 23.4 Å². The van der Waals surface area contributed by atoms with Crippen molar-refractivity contribution in [1.29, 1.82) is 0 Å². The van der Waals surface area contributed by atoms with Crippen molar-refractivity contribution in [2.75, 3.05) is 12.4 Å². The summed E-state index contributed by atoms with van der Waals surface area (Å²) in [7, 11) is 3.41. The molecule has 3 rings (SSSR count). The van der Waals surface area contributed by atoms with E-state index in [2.05, 4.69) is 15.5 Å². The van der Waals surface area contributed by atoms with Gasteiger partial charge >= 0.3 is 0 Å². The average Bonchev–Trinajstić information content (AvgIpc) is 3.11. The van der Waals surface area contributed by atoms with Gasteiger partial charge in [-0.15, -0.1) is 10.2 Å². The molecule has 2 unspecified atom stereocenters. The second-order valence-electron chi connectivity index (χ2n) is 6.72. The number of hydrogen-bond acceptors (Lipinski definition) is 6. The number of rotatable bonds is 8. The molecule has 0 aliphatic heterocycles. The summed E-state index contributed by atoms with van der Waals surface area (Å²) < 4.78 is 26.2. The zero-order chi connectivity index (χ0) is 22.5. The van der Waals surface area contributed by atoms with E-state index in [4.69, 9.17) is 21.1 Å². The van der Waals surface area contributed by atoms with Crippen LogP contribution in [0.4, 0.5) is 10.1 Å². The fraction of sp³-hybridized carbons (Fsp3) is 0.286. The summed E-state index contributed by atoms with van der Waals surface area (Å²) in [4.78, 5) is 12.5. The summed E-state index contributed by atoms with van der Waals surface area (Å²) in [6.45, 7) is 3.61. The van der Waals surface area contributed by atoms with Gasteiger partial charge in [-0.25, -0.2) is 4.39 Å². The Morgan fingerprint density at radius 1 is 1.19 bits per heavy atom. The van der Waals surface area contributed by atoms with Crippen LogP contribution in [-0.2, 0) is 11.8 Å². The third-order valence-electron chi connectivity index (χ3n) is 4.42. The molecule has 0 fully saturated rings. The molecule has 3 aromatic rings. The van der Waals surface area contributed by atoms with Crippen LogP contribution < -0.4 is 14.8 Å². The molecule has 0 bridgehead atoms. The minimum Gasteiger partial charge on any atom is -0.497 e. The molecule has 2 atom stereocenters.